The van der Waals surface area contributed by atoms with Crippen molar-refractivity contribution in [1.82, 2.24) is 15.1 Å². The second-order valence-corrected chi connectivity index (χ2v) is 3.15. The van der Waals surface area contributed by atoms with Crippen LogP contribution < -0.4 is 5.32 Å². The molecule has 0 aliphatic rings. The molecule has 0 bridgehead atoms. The van der Waals surface area contributed by atoms with Gasteiger partial charge in [-0.3, -0.25) is 4.68 Å². The Bertz CT molecular complexity index is 247. The van der Waals surface area contributed by atoms with Crippen LogP contribution in [0.4, 0.5) is 0 Å². The lowest BCUT2D eigenvalue weighted by Gasteiger charge is -2.08. The van der Waals surface area contributed by atoms with Crippen LogP contribution in [0, 0.1) is 0 Å². The van der Waals surface area contributed by atoms with E-state index in [0.29, 0.717) is 0 Å². The summed E-state index contributed by atoms with van der Waals surface area (Å²) < 4.78 is 7.05. The number of nitrogens with one attached hydrogen (secondary N) is 1. The predicted molar refractivity (Wildman–Crippen MR) is 51.5 cm³/mol. The number of hydrogen-bond donors (Lipinski definition) is 1. The highest BCUT2D eigenvalue weighted by atomic mass is 16.5. The molecule has 0 aromatic carbocycles. The first-order valence-corrected chi connectivity index (χ1v) is 4.45. The summed E-state index contributed by atoms with van der Waals surface area (Å²) in [7, 11) is 3.64. The fraction of sp³-hybridized carbons (Fsp3) is 0.667. The molecule has 0 radical (unpaired) electrons. The second kappa shape index (κ2) is 4.99. The summed E-state index contributed by atoms with van der Waals surface area (Å²) in [6, 6.07) is 0. The van der Waals surface area contributed by atoms with Gasteiger partial charge in [0.05, 0.1) is 18.8 Å². The summed E-state index contributed by atoms with van der Waals surface area (Å²) in [5, 5.41) is 7.30. The smallest absolute Gasteiger partial charge is 0.0739 e. The van der Waals surface area contributed by atoms with Crippen molar-refractivity contribution >= 4 is 0 Å². The van der Waals surface area contributed by atoms with Gasteiger partial charge in [-0.1, -0.05) is 0 Å². The van der Waals surface area contributed by atoms with Gasteiger partial charge in [0.15, 0.2) is 0 Å². The Morgan fingerprint density at radius 2 is 2.46 bits per heavy atom. The fourth-order valence-corrected chi connectivity index (χ4v) is 1.14. The van der Waals surface area contributed by atoms with Crippen LogP contribution in [0.3, 0.4) is 0 Å². The maximum absolute atomic E-state index is 5.15. The van der Waals surface area contributed by atoms with E-state index in [9.17, 15) is 0 Å². The van der Waals surface area contributed by atoms with Crippen molar-refractivity contribution in [1.29, 1.82) is 0 Å². The summed E-state index contributed by atoms with van der Waals surface area (Å²) >= 11 is 0. The molecule has 4 nitrogen and oxygen atoms in total. The molecule has 1 aromatic rings. The van der Waals surface area contributed by atoms with Crippen LogP contribution in [0.5, 0.6) is 0 Å². The molecular weight excluding hydrogens is 166 g/mol. The first-order valence-electron chi connectivity index (χ1n) is 4.45. The zero-order valence-corrected chi connectivity index (χ0v) is 8.45. The second-order valence-electron chi connectivity index (χ2n) is 3.15. The Kier molecular flexibility index (Phi) is 3.92. The number of aromatic nitrogens is 2. The van der Waals surface area contributed by atoms with Gasteiger partial charge in [0.2, 0.25) is 0 Å². The highest BCUT2D eigenvalue weighted by molar-refractivity contribution is 5.02. The Labute approximate surface area is 78.9 Å². The average Bonchev–Trinajstić information content (AvgIpc) is 2.53. The molecule has 0 saturated heterocycles. The van der Waals surface area contributed by atoms with Crippen molar-refractivity contribution < 1.29 is 4.74 Å². The molecule has 1 atom stereocenters. The van der Waals surface area contributed by atoms with E-state index in [1.165, 1.54) is 5.56 Å². The molecule has 0 saturated carbocycles. The lowest BCUT2D eigenvalue weighted by atomic mass is 10.3. The van der Waals surface area contributed by atoms with Gasteiger partial charge >= 0.3 is 0 Å². The van der Waals surface area contributed by atoms with E-state index < -0.39 is 0 Å². The van der Waals surface area contributed by atoms with Crippen LogP contribution >= 0.6 is 0 Å². The highest BCUT2D eigenvalue weighted by Crippen LogP contribution is 1.99. The van der Waals surface area contributed by atoms with Crippen LogP contribution in [0.15, 0.2) is 12.4 Å². The van der Waals surface area contributed by atoms with Crippen molar-refractivity contribution in [3.63, 3.8) is 0 Å². The van der Waals surface area contributed by atoms with E-state index in [2.05, 4.69) is 10.4 Å². The van der Waals surface area contributed by atoms with Gasteiger partial charge in [-0.15, -0.1) is 0 Å². The summed E-state index contributed by atoms with van der Waals surface area (Å²) in [6.45, 7) is 3.70. The van der Waals surface area contributed by atoms with Crippen LogP contribution in [0.1, 0.15) is 12.5 Å². The quantitative estimate of drug-likeness (QED) is 0.728. The Hall–Kier alpha value is -0.870. The highest BCUT2D eigenvalue weighted by Gasteiger charge is 2.02. The maximum Gasteiger partial charge on any atom is 0.0739 e. The monoisotopic (exact) mass is 183 g/mol. The van der Waals surface area contributed by atoms with Gasteiger partial charge in [-0.05, 0) is 14.0 Å². The molecule has 0 aliphatic carbocycles. The molecule has 1 aromatic heterocycles. The number of hydrogen-bond acceptors (Lipinski definition) is 3. The van der Waals surface area contributed by atoms with Gasteiger partial charge in [-0.25, -0.2) is 0 Å². The van der Waals surface area contributed by atoms with Crippen molar-refractivity contribution in [2.24, 2.45) is 0 Å². The van der Waals surface area contributed by atoms with E-state index in [-0.39, 0.29) is 6.10 Å². The molecule has 0 amide bonds. The fourth-order valence-electron chi connectivity index (χ4n) is 1.14. The van der Waals surface area contributed by atoms with Crippen molar-refractivity contribution in [2.75, 3.05) is 14.2 Å². The van der Waals surface area contributed by atoms with Gasteiger partial charge in [-0.2, -0.15) is 5.10 Å². The standard InChI is InChI=1S/C9H17N3O/c1-8(13-3)6-12-7-9(4-10-2)5-11-12/h5,7-8,10H,4,6H2,1-3H3. The van der Waals surface area contributed by atoms with Crippen LogP contribution in [-0.4, -0.2) is 30.0 Å². The van der Waals surface area contributed by atoms with E-state index in [0.717, 1.165) is 13.1 Å². The summed E-state index contributed by atoms with van der Waals surface area (Å²) in [4.78, 5) is 0. The Balaban J connectivity index is 2.48. The van der Waals surface area contributed by atoms with Gasteiger partial charge in [0.25, 0.3) is 0 Å². The van der Waals surface area contributed by atoms with Crippen LogP contribution in [-0.2, 0) is 17.8 Å². The van der Waals surface area contributed by atoms with Gasteiger partial charge < -0.3 is 10.1 Å². The van der Waals surface area contributed by atoms with E-state index >= 15 is 0 Å². The number of ether oxygens (including phenoxy) is 1. The normalized spacial score (nSPS) is 13.2. The van der Waals surface area contributed by atoms with Gasteiger partial charge in [0.1, 0.15) is 0 Å². The van der Waals surface area contributed by atoms with Crippen molar-refractivity contribution in [3.05, 3.63) is 18.0 Å². The van der Waals surface area contributed by atoms with Crippen molar-refractivity contribution in [2.45, 2.75) is 26.1 Å². The minimum atomic E-state index is 0.210. The molecule has 1 rings (SSSR count). The zero-order chi connectivity index (χ0) is 9.68. The number of methoxy groups -OCH3 is 1. The molecule has 4 heteroatoms. The average molecular weight is 183 g/mol. The molecule has 1 heterocycles. The van der Waals surface area contributed by atoms with Crippen LogP contribution in [0.25, 0.3) is 0 Å². The molecular formula is C9H17N3O. The first kappa shape index (κ1) is 10.2. The number of nitrogens with zero attached hydrogens (tertiary/aromatic N) is 2. The largest absolute Gasteiger partial charge is 0.380 e. The summed E-state index contributed by atoms with van der Waals surface area (Å²) in [5.41, 5.74) is 1.20. The van der Waals surface area contributed by atoms with Gasteiger partial charge in [0, 0.05) is 25.4 Å². The molecule has 74 valence electrons. The van der Waals surface area contributed by atoms with E-state index in [1.807, 2.05) is 31.0 Å². The van der Waals surface area contributed by atoms with Crippen LogP contribution in [0.2, 0.25) is 0 Å². The molecule has 13 heavy (non-hydrogen) atoms. The summed E-state index contributed by atoms with van der Waals surface area (Å²) in [6.07, 6.45) is 4.12. The molecule has 0 aliphatic heterocycles. The lowest BCUT2D eigenvalue weighted by molar-refractivity contribution is 0.0998. The third kappa shape index (κ3) is 3.16. The third-order valence-corrected chi connectivity index (χ3v) is 1.91. The number of rotatable bonds is 5. The Morgan fingerprint density at radius 3 is 3.08 bits per heavy atom. The van der Waals surface area contributed by atoms with Crippen molar-refractivity contribution in [3.8, 4) is 0 Å². The predicted octanol–water partition coefficient (Wildman–Crippen LogP) is 0.637. The minimum Gasteiger partial charge on any atom is -0.380 e. The summed E-state index contributed by atoms with van der Waals surface area (Å²) in [5.74, 6) is 0. The SMILES string of the molecule is CNCc1cnn(CC(C)OC)c1. The van der Waals surface area contributed by atoms with E-state index in [4.69, 9.17) is 4.74 Å². The minimum absolute atomic E-state index is 0.210. The lowest BCUT2D eigenvalue weighted by Crippen LogP contribution is -2.14. The first-order chi connectivity index (χ1) is 6.26. The maximum atomic E-state index is 5.15. The molecule has 1 N–H and O–H groups in total. The zero-order valence-electron chi connectivity index (χ0n) is 8.45. The Morgan fingerprint density at radius 1 is 1.69 bits per heavy atom. The third-order valence-electron chi connectivity index (χ3n) is 1.91. The molecule has 0 fully saturated rings. The van der Waals surface area contributed by atoms with E-state index in [1.54, 1.807) is 7.11 Å². The topological polar surface area (TPSA) is 39.1 Å². The molecule has 0 spiro atoms. The molecule has 1 unspecified atom stereocenters.